The standard InChI is InChI=1S/C12H12N2O2/c1-8(14-15)11-7-13-12(16-2)10-6-4-3-5-9(10)11/h3-7,15H,1-2H3. The molecule has 1 N–H and O–H groups in total. The van der Waals surface area contributed by atoms with Crippen LogP contribution in [0.1, 0.15) is 12.5 Å². The molecule has 1 aromatic carbocycles. The Morgan fingerprint density at radius 2 is 2.00 bits per heavy atom. The Morgan fingerprint density at radius 3 is 2.62 bits per heavy atom. The first kappa shape index (κ1) is 10.4. The molecule has 4 heteroatoms. The lowest BCUT2D eigenvalue weighted by Crippen LogP contribution is -1.99. The fourth-order valence-corrected chi connectivity index (χ4v) is 1.67. The number of fused-ring (bicyclic) bond motifs is 1. The van der Waals surface area contributed by atoms with Gasteiger partial charge in [0.05, 0.1) is 12.8 Å². The van der Waals surface area contributed by atoms with Crippen LogP contribution in [0.2, 0.25) is 0 Å². The van der Waals surface area contributed by atoms with Crippen LogP contribution < -0.4 is 4.74 Å². The Balaban J connectivity index is 2.79. The number of aromatic nitrogens is 1. The van der Waals surface area contributed by atoms with Gasteiger partial charge in [0.2, 0.25) is 5.88 Å². The van der Waals surface area contributed by atoms with E-state index in [9.17, 15) is 0 Å². The van der Waals surface area contributed by atoms with Crippen LogP contribution in [-0.2, 0) is 0 Å². The number of oxime groups is 1. The van der Waals surface area contributed by atoms with E-state index < -0.39 is 0 Å². The van der Waals surface area contributed by atoms with Crippen molar-refractivity contribution in [2.24, 2.45) is 5.16 Å². The molecule has 0 atom stereocenters. The molecule has 82 valence electrons. The smallest absolute Gasteiger partial charge is 0.221 e. The Kier molecular flexibility index (Phi) is 2.72. The predicted octanol–water partition coefficient (Wildman–Crippen LogP) is 2.44. The van der Waals surface area contributed by atoms with Crippen molar-refractivity contribution in [3.8, 4) is 5.88 Å². The summed E-state index contributed by atoms with van der Waals surface area (Å²) in [5, 5.41) is 13.9. The molecule has 0 radical (unpaired) electrons. The molecule has 0 saturated carbocycles. The van der Waals surface area contributed by atoms with Crippen molar-refractivity contribution in [1.29, 1.82) is 0 Å². The van der Waals surface area contributed by atoms with Gasteiger partial charge in [0.25, 0.3) is 0 Å². The van der Waals surface area contributed by atoms with E-state index in [1.165, 1.54) is 0 Å². The van der Waals surface area contributed by atoms with E-state index in [2.05, 4.69) is 10.1 Å². The first-order valence-corrected chi connectivity index (χ1v) is 4.88. The zero-order valence-corrected chi connectivity index (χ0v) is 9.14. The number of methoxy groups -OCH3 is 1. The van der Waals surface area contributed by atoms with Crippen LogP contribution in [-0.4, -0.2) is 23.0 Å². The molecule has 4 nitrogen and oxygen atoms in total. The van der Waals surface area contributed by atoms with Crippen molar-refractivity contribution >= 4 is 16.5 Å². The van der Waals surface area contributed by atoms with Gasteiger partial charge in [-0.15, -0.1) is 0 Å². The fraction of sp³-hybridized carbons (Fsp3) is 0.167. The van der Waals surface area contributed by atoms with E-state index in [1.54, 1.807) is 20.2 Å². The molecule has 0 saturated heterocycles. The highest BCUT2D eigenvalue weighted by atomic mass is 16.5. The maximum Gasteiger partial charge on any atom is 0.221 e. The van der Waals surface area contributed by atoms with E-state index >= 15 is 0 Å². The highest BCUT2D eigenvalue weighted by Gasteiger charge is 2.09. The van der Waals surface area contributed by atoms with Gasteiger partial charge in [-0.2, -0.15) is 0 Å². The van der Waals surface area contributed by atoms with Crippen LogP contribution in [0.3, 0.4) is 0 Å². The highest BCUT2D eigenvalue weighted by molar-refractivity contribution is 6.10. The molecule has 0 amide bonds. The van der Waals surface area contributed by atoms with Crippen molar-refractivity contribution in [3.63, 3.8) is 0 Å². The minimum Gasteiger partial charge on any atom is -0.481 e. The van der Waals surface area contributed by atoms with Crippen LogP contribution in [0.25, 0.3) is 10.8 Å². The van der Waals surface area contributed by atoms with Gasteiger partial charge >= 0.3 is 0 Å². The monoisotopic (exact) mass is 216 g/mol. The van der Waals surface area contributed by atoms with Gasteiger partial charge in [0, 0.05) is 17.1 Å². The van der Waals surface area contributed by atoms with Crippen molar-refractivity contribution in [1.82, 2.24) is 4.98 Å². The molecular weight excluding hydrogens is 204 g/mol. The van der Waals surface area contributed by atoms with Crippen molar-refractivity contribution in [2.75, 3.05) is 7.11 Å². The summed E-state index contributed by atoms with van der Waals surface area (Å²) in [6.45, 7) is 1.73. The van der Waals surface area contributed by atoms with Crippen molar-refractivity contribution in [3.05, 3.63) is 36.0 Å². The number of hydrogen-bond acceptors (Lipinski definition) is 4. The second-order valence-corrected chi connectivity index (χ2v) is 3.41. The molecule has 0 bridgehead atoms. The summed E-state index contributed by atoms with van der Waals surface area (Å²) in [5.41, 5.74) is 1.34. The molecular formula is C12H12N2O2. The second-order valence-electron chi connectivity index (χ2n) is 3.41. The Labute approximate surface area is 93.2 Å². The summed E-state index contributed by atoms with van der Waals surface area (Å²) in [7, 11) is 1.58. The fourth-order valence-electron chi connectivity index (χ4n) is 1.67. The van der Waals surface area contributed by atoms with Crippen LogP contribution in [0, 0.1) is 0 Å². The van der Waals surface area contributed by atoms with E-state index in [0.29, 0.717) is 11.6 Å². The minimum absolute atomic E-state index is 0.534. The molecule has 0 aliphatic heterocycles. The van der Waals surface area contributed by atoms with Crippen LogP contribution >= 0.6 is 0 Å². The second kappa shape index (κ2) is 4.18. The van der Waals surface area contributed by atoms with E-state index in [1.807, 2.05) is 24.3 Å². The van der Waals surface area contributed by atoms with Gasteiger partial charge in [-0.3, -0.25) is 0 Å². The van der Waals surface area contributed by atoms with Gasteiger partial charge in [-0.1, -0.05) is 23.4 Å². The van der Waals surface area contributed by atoms with E-state index in [0.717, 1.165) is 16.3 Å². The zero-order chi connectivity index (χ0) is 11.5. The minimum atomic E-state index is 0.534. The first-order chi connectivity index (χ1) is 7.77. The Bertz CT molecular complexity index is 550. The molecule has 2 aromatic rings. The summed E-state index contributed by atoms with van der Waals surface area (Å²) in [6, 6.07) is 7.72. The summed E-state index contributed by atoms with van der Waals surface area (Å²) < 4.78 is 5.18. The predicted molar refractivity (Wildman–Crippen MR) is 62.3 cm³/mol. The third-order valence-corrected chi connectivity index (χ3v) is 2.49. The molecule has 0 fully saturated rings. The number of hydrogen-bond donors (Lipinski definition) is 1. The average molecular weight is 216 g/mol. The maximum absolute atomic E-state index is 8.80. The summed E-state index contributed by atoms with van der Waals surface area (Å²) in [4.78, 5) is 4.18. The third kappa shape index (κ3) is 1.58. The SMILES string of the molecule is COc1ncc(C(C)=NO)c2ccccc12. The maximum atomic E-state index is 8.80. The molecule has 0 unspecified atom stereocenters. The van der Waals surface area contributed by atoms with Crippen molar-refractivity contribution < 1.29 is 9.94 Å². The molecule has 0 aliphatic carbocycles. The van der Waals surface area contributed by atoms with E-state index in [4.69, 9.17) is 9.94 Å². The topological polar surface area (TPSA) is 54.7 Å². The molecule has 0 spiro atoms. The van der Waals surface area contributed by atoms with Gasteiger partial charge in [-0.25, -0.2) is 4.98 Å². The molecule has 16 heavy (non-hydrogen) atoms. The Morgan fingerprint density at radius 1 is 1.31 bits per heavy atom. The number of rotatable bonds is 2. The number of nitrogens with zero attached hydrogens (tertiary/aromatic N) is 2. The lowest BCUT2D eigenvalue weighted by molar-refractivity contribution is 0.319. The average Bonchev–Trinajstić information content (AvgIpc) is 2.36. The van der Waals surface area contributed by atoms with Gasteiger partial charge < -0.3 is 9.94 Å². The van der Waals surface area contributed by atoms with Crippen molar-refractivity contribution in [2.45, 2.75) is 6.92 Å². The van der Waals surface area contributed by atoms with Crippen LogP contribution in [0.15, 0.2) is 35.6 Å². The zero-order valence-electron chi connectivity index (χ0n) is 9.14. The lowest BCUT2D eigenvalue weighted by atomic mass is 10.0. The summed E-state index contributed by atoms with van der Waals surface area (Å²) >= 11 is 0. The van der Waals surface area contributed by atoms with Gasteiger partial charge in [-0.05, 0) is 18.4 Å². The largest absolute Gasteiger partial charge is 0.481 e. The quantitative estimate of drug-likeness (QED) is 0.476. The van der Waals surface area contributed by atoms with Crippen LogP contribution in [0.4, 0.5) is 0 Å². The Hall–Kier alpha value is -2.10. The number of ether oxygens (including phenoxy) is 1. The highest BCUT2D eigenvalue weighted by Crippen LogP contribution is 2.26. The molecule has 2 rings (SSSR count). The lowest BCUT2D eigenvalue weighted by Gasteiger charge is -2.08. The van der Waals surface area contributed by atoms with Gasteiger partial charge in [0.15, 0.2) is 0 Å². The molecule has 1 aromatic heterocycles. The molecule has 0 aliphatic rings. The van der Waals surface area contributed by atoms with Crippen LogP contribution in [0.5, 0.6) is 5.88 Å². The summed E-state index contributed by atoms with van der Waals surface area (Å²) in [6.07, 6.45) is 1.65. The first-order valence-electron chi connectivity index (χ1n) is 4.88. The summed E-state index contributed by atoms with van der Waals surface area (Å²) in [5.74, 6) is 0.574. The number of pyridine rings is 1. The number of benzene rings is 1. The van der Waals surface area contributed by atoms with E-state index in [-0.39, 0.29) is 0 Å². The third-order valence-electron chi connectivity index (χ3n) is 2.49. The van der Waals surface area contributed by atoms with Gasteiger partial charge in [0.1, 0.15) is 0 Å². The molecule has 1 heterocycles. The normalized spacial score (nSPS) is 11.8.